The smallest absolute Gasteiger partial charge is 0.00805 e. The fourth-order valence-corrected chi connectivity index (χ4v) is 0. The first-order valence-corrected chi connectivity index (χ1v) is 2.77. The maximum atomic E-state index is 4.08. The molecule has 0 radical (unpaired) electrons. The van der Waals surface area contributed by atoms with Gasteiger partial charge in [-0.15, -0.1) is 12.6 Å². The lowest BCUT2D eigenvalue weighted by Crippen LogP contribution is -2.02. The van der Waals surface area contributed by atoms with Gasteiger partial charge in [0, 0.05) is 0 Å². The number of hydrogen-bond donors (Lipinski definition) is 1. The minimum Gasteiger partial charge on any atom is -0.148 e. The SMILES string of the molecule is C=C(S)C(C)(C)C. The van der Waals surface area contributed by atoms with Crippen LogP contribution in [0.1, 0.15) is 20.8 Å². The van der Waals surface area contributed by atoms with Crippen molar-refractivity contribution < 1.29 is 0 Å². The van der Waals surface area contributed by atoms with Crippen LogP contribution < -0.4 is 0 Å². The van der Waals surface area contributed by atoms with Gasteiger partial charge < -0.3 is 0 Å². The number of rotatable bonds is 0. The molecule has 0 fully saturated rings. The summed E-state index contributed by atoms with van der Waals surface area (Å²) in [6.45, 7) is 9.95. The molecule has 0 heterocycles. The molecule has 7 heavy (non-hydrogen) atoms. The van der Waals surface area contributed by atoms with E-state index in [0.717, 1.165) is 4.91 Å². The molecule has 0 aliphatic rings. The quantitative estimate of drug-likeness (QED) is 0.462. The predicted molar refractivity (Wildman–Crippen MR) is 37.6 cm³/mol. The average Bonchev–Trinajstić information content (AvgIpc) is 1.31. The van der Waals surface area contributed by atoms with E-state index < -0.39 is 0 Å². The highest BCUT2D eigenvalue weighted by Crippen LogP contribution is 2.25. The van der Waals surface area contributed by atoms with Crippen LogP contribution in [0.2, 0.25) is 0 Å². The van der Waals surface area contributed by atoms with Gasteiger partial charge in [0.1, 0.15) is 0 Å². The maximum Gasteiger partial charge on any atom is -0.00805 e. The van der Waals surface area contributed by atoms with Crippen molar-refractivity contribution in [1.82, 2.24) is 0 Å². The molecular formula is C6H12S. The summed E-state index contributed by atoms with van der Waals surface area (Å²) in [7, 11) is 0. The summed E-state index contributed by atoms with van der Waals surface area (Å²) in [6, 6.07) is 0. The van der Waals surface area contributed by atoms with Gasteiger partial charge in [-0.2, -0.15) is 0 Å². The topological polar surface area (TPSA) is 0 Å². The molecule has 0 nitrogen and oxygen atoms in total. The van der Waals surface area contributed by atoms with E-state index in [4.69, 9.17) is 0 Å². The Hall–Kier alpha value is 0.0900. The van der Waals surface area contributed by atoms with Crippen LogP contribution in [0.25, 0.3) is 0 Å². The lowest BCUT2D eigenvalue weighted by molar-refractivity contribution is 0.536. The number of thiol groups is 1. The molecule has 0 bridgehead atoms. The van der Waals surface area contributed by atoms with Crippen molar-refractivity contribution in [3.8, 4) is 0 Å². The van der Waals surface area contributed by atoms with Crippen LogP contribution in [0.4, 0.5) is 0 Å². The maximum absolute atomic E-state index is 4.08. The second-order valence-corrected chi connectivity index (χ2v) is 3.24. The highest BCUT2D eigenvalue weighted by molar-refractivity contribution is 7.84. The summed E-state index contributed by atoms with van der Waals surface area (Å²) in [6.07, 6.45) is 0. The third-order valence-electron chi connectivity index (χ3n) is 0.866. The van der Waals surface area contributed by atoms with Gasteiger partial charge in [0.15, 0.2) is 0 Å². The molecule has 0 unspecified atom stereocenters. The molecule has 0 saturated heterocycles. The van der Waals surface area contributed by atoms with Crippen molar-refractivity contribution in [1.29, 1.82) is 0 Å². The van der Waals surface area contributed by atoms with E-state index in [0.29, 0.717) is 0 Å². The van der Waals surface area contributed by atoms with Crippen LogP contribution in [-0.2, 0) is 0 Å². The van der Waals surface area contributed by atoms with Crippen molar-refractivity contribution in [2.75, 3.05) is 0 Å². The molecule has 0 amide bonds. The Morgan fingerprint density at radius 2 is 1.57 bits per heavy atom. The van der Waals surface area contributed by atoms with Crippen molar-refractivity contribution >= 4 is 12.6 Å². The lowest BCUT2D eigenvalue weighted by atomic mass is 9.97. The van der Waals surface area contributed by atoms with Gasteiger partial charge in [0.2, 0.25) is 0 Å². The highest BCUT2D eigenvalue weighted by Gasteiger charge is 2.09. The van der Waals surface area contributed by atoms with Crippen molar-refractivity contribution in [2.24, 2.45) is 5.41 Å². The fraction of sp³-hybridized carbons (Fsp3) is 0.667. The minimum atomic E-state index is 0.170. The summed E-state index contributed by atoms with van der Waals surface area (Å²) >= 11 is 4.08. The van der Waals surface area contributed by atoms with E-state index in [-0.39, 0.29) is 5.41 Å². The van der Waals surface area contributed by atoms with Crippen molar-refractivity contribution in [3.05, 3.63) is 11.5 Å². The average molecular weight is 116 g/mol. The summed E-state index contributed by atoms with van der Waals surface area (Å²) in [4.78, 5) is 0.938. The van der Waals surface area contributed by atoms with Gasteiger partial charge in [-0.1, -0.05) is 27.4 Å². The van der Waals surface area contributed by atoms with Gasteiger partial charge >= 0.3 is 0 Å². The molecule has 0 aromatic carbocycles. The van der Waals surface area contributed by atoms with Crippen molar-refractivity contribution in [2.45, 2.75) is 20.8 Å². The highest BCUT2D eigenvalue weighted by atomic mass is 32.1. The molecule has 0 aliphatic heterocycles. The molecule has 1 heteroatoms. The van der Waals surface area contributed by atoms with Gasteiger partial charge in [-0.3, -0.25) is 0 Å². The summed E-state index contributed by atoms with van der Waals surface area (Å²) in [5.74, 6) is 0. The number of allylic oxidation sites excluding steroid dienone is 1. The second kappa shape index (κ2) is 1.91. The van der Waals surface area contributed by atoms with Crippen LogP contribution in [0.15, 0.2) is 11.5 Å². The summed E-state index contributed by atoms with van der Waals surface area (Å²) in [5, 5.41) is 0. The summed E-state index contributed by atoms with van der Waals surface area (Å²) < 4.78 is 0. The van der Waals surface area contributed by atoms with Crippen LogP contribution in [0.5, 0.6) is 0 Å². The number of hydrogen-bond acceptors (Lipinski definition) is 1. The predicted octanol–water partition coefficient (Wildman–Crippen LogP) is 2.48. The van der Waals surface area contributed by atoms with Crippen molar-refractivity contribution in [3.63, 3.8) is 0 Å². The molecule has 0 rings (SSSR count). The van der Waals surface area contributed by atoms with Gasteiger partial charge in [-0.25, -0.2) is 0 Å². The Balaban J connectivity index is 3.79. The zero-order valence-electron chi connectivity index (χ0n) is 5.15. The van der Waals surface area contributed by atoms with Gasteiger partial charge in [-0.05, 0) is 10.3 Å². The molecular weight excluding hydrogens is 104 g/mol. The minimum absolute atomic E-state index is 0.170. The first-order valence-electron chi connectivity index (χ1n) is 2.33. The molecule has 0 aromatic heterocycles. The monoisotopic (exact) mass is 116 g/mol. The Bertz CT molecular complexity index is 76.7. The van der Waals surface area contributed by atoms with Gasteiger partial charge in [0.05, 0.1) is 0 Å². The van der Waals surface area contributed by atoms with E-state index in [1.54, 1.807) is 0 Å². The Kier molecular flexibility index (Phi) is 1.93. The van der Waals surface area contributed by atoms with Crippen LogP contribution in [0.3, 0.4) is 0 Å². The molecule has 0 N–H and O–H groups in total. The fourth-order valence-electron chi connectivity index (χ4n) is 0. The van der Waals surface area contributed by atoms with E-state index in [1.807, 2.05) is 0 Å². The molecule has 0 aliphatic carbocycles. The third kappa shape index (κ3) is 2.75. The van der Waals surface area contributed by atoms with E-state index in [1.165, 1.54) is 0 Å². The van der Waals surface area contributed by atoms with Gasteiger partial charge in [0.25, 0.3) is 0 Å². The van der Waals surface area contributed by atoms with Crippen LogP contribution in [-0.4, -0.2) is 0 Å². The third-order valence-corrected chi connectivity index (χ3v) is 1.54. The summed E-state index contributed by atoms with van der Waals surface area (Å²) in [5.41, 5.74) is 0.170. The van der Waals surface area contributed by atoms with E-state index >= 15 is 0 Å². The molecule has 0 saturated carbocycles. The first-order chi connectivity index (χ1) is 2.94. The molecule has 0 aromatic rings. The Morgan fingerprint density at radius 1 is 1.43 bits per heavy atom. The zero-order valence-corrected chi connectivity index (χ0v) is 6.05. The largest absolute Gasteiger partial charge is 0.148 e. The van der Waals surface area contributed by atoms with E-state index in [2.05, 4.69) is 40.0 Å². The first kappa shape index (κ1) is 7.09. The van der Waals surface area contributed by atoms with Crippen LogP contribution in [0, 0.1) is 5.41 Å². The second-order valence-electron chi connectivity index (χ2n) is 2.70. The van der Waals surface area contributed by atoms with Crippen LogP contribution >= 0.6 is 12.6 Å². The molecule has 0 atom stereocenters. The standard InChI is InChI=1S/C6H12S/c1-5(7)6(2,3)4/h7H,1H2,2-4H3. The Labute approximate surface area is 51.0 Å². The van der Waals surface area contributed by atoms with E-state index in [9.17, 15) is 0 Å². The lowest BCUT2D eigenvalue weighted by Gasteiger charge is -2.15. The normalized spacial score (nSPS) is 11.4. The molecule has 42 valence electrons. The zero-order chi connectivity index (χ0) is 6.08. The molecule has 0 spiro atoms. The Morgan fingerprint density at radius 3 is 1.57 bits per heavy atom.